The van der Waals surface area contributed by atoms with E-state index in [1.165, 1.54) is 12.1 Å². The second-order valence-electron chi connectivity index (χ2n) is 11.0. The van der Waals surface area contributed by atoms with Crippen LogP contribution in [0.4, 0.5) is 4.39 Å². The van der Waals surface area contributed by atoms with Gasteiger partial charge < -0.3 is 18.6 Å². The second kappa shape index (κ2) is 15.7. The van der Waals surface area contributed by atoms with Crippen molar-refractivity contribution in [3.63, 3.8) is 0 Å². The van der Waals surface area contributed by atoms with Crippen LogP contribution >= 0.6 is 0 Å². The van der Waals surface area contributed by atoms with E-state index in [9.17, 15) is 9.18 Å². The molecule has 2 heterocycles. The summed E-state index contributed by atoms with van der Waals surface area (Å²) in [6, 6.07) is 26.0. The minimum absolute atomic E-state index is 0.171. The standard InChI is InChI=1S/C29H33N3O5.C7H7F/c1-5-35-28(33)29(2,3)37-26-14-13-22(16-27(26)34-4)18-31(21-25-12-9-15-36-25)19-23-17-30-32(20-23)24-10-7-6-8-11-24;1-6-2-4-7(8)5-3-6/h6-17,20H,5,18-19,21H2,1-4H3;2-5H,1H3. The van der Waals surface area contributed by atoms with Gasteiger partial charge in [0.1, 0.15) is 11.6 Å². The zero-order valence-corrected chi connectivity index (χ0v) is 26.4. The van der Waals surface area contributed by atoms with Crippen molar-refractivity contribution >= 4 is 5.97 Å². The van der Waals surface area contributed by atoms with Gasteiger partial charge in [0.25, 0.3) is 0 Å². The molecule has 0 saturated heterocycles. The van der Waals surface area contributed by atoms with Crippen LogP contribution in [0.3, 0.4) is 0 Å². The lowest BCUT2D eigenvalue weighted by atomic mass is 10.1. The molecule has 45 heavy (non-hydrogen) atoms. The van der Waals surface area contributed by atoms with Gasteiger partial charge in [-0.15, -0.1) is 0 Å². The molecule has 5 rings (SSSR count). The molecular formula is C36H40FN3O5. The summed E-state index contributed by atoms with van der Waals surface area (Å²) in [5.41, 5.74) is 3.07. The number of para-hydroxylation sites is 1. The summed E-state index contributed by atoms with van der Waals surface area (Å²) in [5, 5.41) is 4.54. The molecule has 9 heteroatoms. The van der Waals surface area contributed by atoms with Gasteiger partial charge in [0.05, 0.1) is 38.4 Å². The largest absolute Gasteiger partial charge is 0.493 e. The number of aromatic nitrogens is 2. The van der Waals surface area contributed by atoms with Crippen molar-refractivity contribution in [3.05, 3.63) is 132 Å². The average molecular weight is 614 g/mol. The van der Waals surface area contributed by atoms with Crippen LogP contribution in [0.1, 0.15) is 43.2 Å². The molecule has 0 N–H and O–H groups in total. The molecule has 0 aliphatic carbocycles. The molecule has 0 atom stereocenters. The maximum absolute atomic E-state index is 12.3. The Bertz CT molecular complexity index is 1600. The Hall–Kier alpha value is -4.89. The van der Waals surface area contributed by atoms with Crippen molar-refractivity contribution in [2.45, 2.75) is 52.9 Å². The van der Waals surface area contributed by atoms with Gasteiger partial charge in [0, 0.05) is 24.8 Å². The van der Waals surface area contributed by atoms with E-state index in [1.54, 1.807) is 46.3 Å². The van der Waals surface area contributed by atoms with E-state index in [1.807, 2.05) is 84.7 Å². The number of carbonyl (C=O) groups excluding carboxylic acids is 1. The Balaban J connectivity index is 0.000000501. The van der Waals surface area contributed by atoms with Crippen LogP contribution in [0, 0.1) is 12.7 Å². The minimum Gasteiger partial charge on any atom is -0.493 e. The number of benzene rings is 3. The summed E-state index contributed by atoms with van der Waals surface area (Å²) in [4.78, 5) is 14.6. The topological polar surface area (TPSA) is 79.0 Å². The summed E-state index contributed by atoms with van der Waals surface area (Å²) in [5.74, 6) is 1.30. The molecular weight excluding hydrogens is 573 g/mol. The highest BCUT2D eigenvalue weighted by Crippen LogP contribution is 2.32. The Kier molecular flexibility index (Phi) is 11.5. The number of esters is 1. The van der Waals surface area contributed by atoms with Gasteiger partial charge in [-0.2, -0.15) is 5.10 Å². The molecule has 0 radical (unpaired) electrons. The lowest BCUT2D eigenvalue weighted by molar-refractivity contribution is -0.158. The van der Waals surface area contributed by atoms with E-state index in [2.05, 4.69) is 10.00 Å². The molecule has 0 aliphatic heterocycles. The van der Waals surface area contributed by atoms with Crippen LogP contribution in [0.25, 0.3) is 5.69 Å². The van der Waals surface area contributed by atoms with Crippen LogP contribution in [0.15, 0.2) is 108 Å². The Morgan fingerprint density at radius 1 is 0.933 bits per heavy atom. The Morgan fingerprint density at radius 3 is 2.31 bits per heavy atom. The molecule has 0 spiro atoms. The summed E-state index contributed by atoms with van der Waals surface area (Å²) in [6.07, 6.45) is 5.61. The van der Waals surface area contributed by atoms with Crippen LogP contribution < -0.4 is 9.47 Å². The molecule has 0 aliphatic rings. The quantitative estimate of drug-likeness (QED) is 0.135. The van der Waals surface area contributed by atoms with Gasteiger partial charge >= 0.3 is 5.97 Å². The highest BCUT2D eigenvalue weighted by Gasteiger charge is 2.32. The van der Waals surface area contributed by atoms with Crippen LogP contribution in [0.2, 0.25) is 0 Å². The molecule has 3 aromatic carbocycles. The Labute approximate surface area is 264 Å². The van der Waals surface area contributed by atoms with Gasteiger partial charge in [-0.25, -0.2) is 13.9 Å². The van der Waals surface area contributed by atoms with Crippen molar-refractivity contribution in [2.75, 3.05) is 13.7 Å². The third kappa shape index (κ3) is 9.81. The molecule has 2 aromatic heterocycles. The number of hydrogen-bond acceptors (Lipinski definition) is 7. The van der Waals surface area contributed by atoms with Crippen molar-refractivity contribution < 1.29 is 27.8 Å². The molecule has 5 aromatic rings. The van der Waals surface area contributed by atoms with E-state index in [0.29, 0.717) is 31.1 Å². The number of ether oxygens (including phenoxy) is 3. The number of methoxy groups -OCH3 is 1. The molecule has 0 bridgehead atoms. The number of halogens is 1. The maximum atomic E-state index is 12.3. The maximum Gasteiger partial charge on any atom is 0.349 e. The number of hydrogen-bond donors (Lipinski definition) is 0. The number of carbonyl (C=O) groups is 1. The van der Waals surface area contributed by atoms with Gasteiger partial charge in [-0.3, -0.25) is 4.90 Å². The van der Waals surface area contributed by atoms with Gasteiger partial charge in [0.15, 0.2) is 17.1 Å². The number of aryl methyl sites for hydroxylation is 1. The lowest BCUT2D eigenvalue weighted by Crippen LogP contribution is -2.39. The summed E-state index contributed by atoms with van der Waals surface area (Å²) >= 11 is 0. The summed E-state index contributed by atoms with van der Waals surface area (Å²) in [7, 11) is 1.59. The smallest absolute Gasteiger partial charge is 0.349 e. The van der Waals surface area contributed by atoms with Crippen molar-refractivity contribution in [3.8, 4) is 17.2 Å². The molecule has 0 fully saturated rings. The monoisotopic (exact) mass is 613 g/mol. The zero-order chi connectivity index (χ0) is 32.2. The van der Waals surface area contributed by atoms with Gasteiger partial charge in [-0.1, -0.05) is 42.0 Å². The normalized spacial score (nSPS) is 11.1. The van der Waals surface area contributed by atoms with Crippen molar-refractivity contribution in [1.29, 1.82) is 0 Å². The fraction of sp³-hybridized carbons (Fsp3) is 0.278. The van der Waals surface area contributed by atoms with Gasteiger partial charge in [-0.05, 0) is 81.8 Å². The zero-order valence-electron chi connectivity index (χ0n) is 26.4. The average Bonchev–Trinajstić information content (AvgIpc) is 3.73. The number of nitrogens with zero attached hydrogens (tertiary/aromatic N) is 3. The SMILES string of the molecule is CCOC(=O)C(C)(C)Oc1ccc(CN(Cc2cnn(-c3ccccc3)c2)Cc2ccco2)cc1OC.Cc1ccc(F)cc1. The second-order valence-corrected chi connectivity index (χ2v) is 11.0. The third-order valence-electron chi connectivity index (χ3n) is 6.80. The summed E-state index contributed by atoms with van der Waals surface area (Å²) in [6.45, 7) is 9.28. The molecule has 236 valence electrons. The van der Waals surface area contributed by atoms with E-state index < -0.39 is 11.6 Å². The predicted molar refractivity (Wildman–Crippen MR) is 171 cm³/mol. The van der Waals surface area contributed by atoms with Crippen molar-refractivity contribution in [1.82, 2.24) is 14.7 Å². The van der Waals surface area contributed by atoms with E-state index in [-0.39, 0.29) is 12.4 Å². The third-order valence-corrected chi connectivity index (χ3v) is 6.80. The first kappa shape index (κ1) is 33.0. The minimum atomic E-state index is -1.14. The number of rotatable bonds is 12. The molecule has 0 saturated carbocycles. The van der Waals surface area contributed by atoms with E-state index in [0.717, 1.165) is 28.1 Å². The summed E-state index contributed by atoms with van der Waals surface area (Å²) < 4.78 is 36.3. The van der Waals surface area contributed by atoms with Crippen LogP contribution in [0.5, 0.6) is 11.5 Å². The highest BCUT2D eigenvalue weighted by molar-refractivity contribution is 5.79. The predicted octanol–water partition coefficient (Wildman–Crippen LogP) is 7.53. The van der Waals surface area contributed by atoms with E-state index >= 15 is 0 Å². The first-order chi connectivity index (χ1) is 21.7. The van der Waals surface area contributed by atoms with Crippen molar-refractivity contribution in [2.24, 2.45) is 0 Å². The lowest BCUT2D eigenvalue weighted by Gasteiger charge is -2.26. The van der Waals surface area contributed by atoms with Crippen LogP contribution in [-0.4, -0.2) is 40.0 Å². The van der Waals surface area contributed by atoms with Gasteiger partial charge in [0.2, 0.25) is 0 Å². The first-order valence-electron chi connectivity index (χ1n) is 14.8. The number of furan rings is 1. The molecule has 0 amide bonds. The molecule has 0 unspecified atom stereocenters. The highest BCUT2D eigenvalue weighted by atomic mass is 19.1. The fourth-order valence-corrected chi connectivity index (χ4v) is 4.52. The molecule has 8 nitrogen and oxygen atoms in total. The fourth-order valence-electron chi connectivity index (χ4n) is 4.52. The van der Waals surface area contributed by atoms with E-state index in [4.69, 9.17) is 18.6 Å². The Morgan fingerprint density at radius 2 is 1.67 bits per heavy atom. The first-order valence-corrected chi connectivity index (χ1v) is 14.8. The van der Waals surface area contributed by atoms with Crippen LogP contribution in [-0.2, 0) is 29.2 Å².